The van der Waals surface area contributed by atoms with E-state index in [1.807, 2.05) is 0 Å². The molecule has 20 heavy (non-hydrogen) atoms. The summed E-state index contributed by atoms with van der Waals surface area (Å²) in [5.41, 5.74) is 0.351. The molecule has 0 amide bonds. The van der Waals surface area contributed by atoms with E-state index >= 15 is 0 Å². The van der Waals surface area contributed by atoms with Crippen LogP contribution in [0.5, 0.6) is 0 Å². The minimum Gasteiger partial charge on any atom is -0.280 e. The van der Waals surface area contributed by atoms with Crippen molar-refractivity contribution in [3.05, 3.63) is 55.9 Å². The van der Waals surface area contributed by atoms with Gasteiger partial charge < -0.3 is 0 Å². The van der Waals surface area contributed by atoms with Gasteiger partial charge in [0.15, 0.2) is 0 Å². The van der Waals surface area contributed by atoms with E-state index < -0.39 is 10.0 Å². The fraction of sp³-hybridized carbons (Fsp3) is 0. The number of hydrogen-bond acceptors (Lipinski definition) is 2. The largest absolute Gasteiger partial charge is 0.280 e. The number of rotatable bonds is 3. The van der Waals surface area contributed by atoms with Gasteiger partial charge in [0.2, 0.25) is 0 Å². The van der Waals surface area contributed by atoms with Crippen molar-refractivity contribution in [3.63, 3.8) is 0 Å². The highest BCUT2D eigenvalue weighted by Gasteiger charge is 2.16. The van der Waals surface area contributed by atoms with Gasteiger partial charge in [0.25, 0.3) is 10.0 Å². The van der Waals surface area contributed by atoms with Crippen LogP contribution in [-0.4, -0.2) is 8.42 Å². The standard InChI is InChI=1S/C12H7BrCl3NO2S/c13-9-3-1-7(5-11(9)15)17-20(18,19)8-2-4-10(14)12(16)6-8/h1-6,17H. The van der Waals surface area contributed by atoms with Crippen molar-refractivity contribution in [1.82, 2.24) is 0 Å². The second kappa shape index (κ2) is 6.12. The molecule has 8 heteroatoms. The number of benzene rings is 2. The van der Waals surface area contributed by atoms with Gasteiger partial charge in [-0.05, 0) is 52.3 Å². The minimum atomic E-state index is -3.75. The molecule has 0 bridgehead atoms. The quantitative estimate of drug-likeness (QED) is 0.748. The van der Waals surface area contributed by atoms with Crippen molar-refractivity contribution < 1.29 is 8.42 Å². The number of hydrogen-bond donors (Lipinski definition) is 1. The minimum absolute atomic E-state index is 0.0194. The molecule has 0 aliphatic carbocycles. The van der Waals surface area contributed by atoms with Crippen LogP contribution in [0.15, 0.2) is 45.8 Å². The first-order valence-electron chi connectivity index (χ1n) is 5.22. The van der Waals surface area contributed by atoms with Crippen LogP contribution in [0.25, 0.3) is 0 Å². The monoisotopic (exact) mass is 413 g/mol. The van der Waals surface area contributed by atoms with Gasteiger partial charge >= 0.3 is 0 Å². The lowest BCUT2D eigenvalue weighted by molar-refractivity contribution is 0.601. The summed E-state index contributed by atoms with van der Waals surface area (Å²) in [5, 5.41) is 0.861. The SMILES string of the molecule is O=S(=O)(Nc1ccc(Br)c(Cl)c1)c1ccc(Cl)c(Cl)c1. The summed E-state index contributed by atoms with van der Waals surface area (Å²) in [6, 6.07) is 8.82. The summed E-state index contributed by atoms with van der Waals surface area (Å²) in [6.07, 6.45) is 0. The van der Waals surface area contributed by atoms with E-state index in [4.69, 9.17) is 34.8 Å². The highest BCUT2D eigenvalue weighted by molar-refractivity contribution is 9.10. The number of anilines is 1. The summed E-state index contributed by atoms with van der Waals surface area (Å²) in [7, 11) is -3.75. The summed E-state index contributed by atoms with van der Waals surface area (Å²) in [6.45, 7) is 0. The molecule has 2 aromatic carbocycles. The Morgan fingerprint density at radius 2 is 1.60 bits per heavy atom. The third-order valence-corrected chi connectivity index (χ3v) is 5.72. The maximum absolute atomic E-state index is 12.2. The molecular formula is C12H7BrCl3NO2S. The smallest absolute Gasteiger partial charge is 0.261 e. The van der Waals surface area contributed by atoms with E-state index in [1.54, 1.807) is 12.1 Å². The zero-order valence-electron chi connectivity index (χ0n) is 9.70. The molecule has 0 fully saturated rings. The van der Waals surface area contributed by atoms with Gasteiger partial charge in [-0.15, -0.1) is 0 Å². The number of nitrogens with one attached hydrogen (secondary N) is 1. The Morgan fingerprint density at radius 3 is 2.20 bits per heavy atom. The van der Waals surface area contributed by atoms with E-state index in [9.17, 15) is 8.42 Å². The van der Waals surface area contributed by atoms with Gasteiger partial charge in [0, 0.05) is 4.47 Å². The fourth-order valence-corrected chi connectivity index (χ4v) is 3.28. The lowest BCUT2D eigenvalue weighted by Gasteiger charge is -2.09. The van der Waals surface area contributed by atoms with Crippen LogP contribution in [0.3, 0.4) is 0 Å². The van der Waals surface area contributed by atoms with Gasteiger partial charge in [-0.1, -0.05) is 34.8 Å². The first kappa shape index (κ1) is 15.9. The Balaban J connectivity index is 2.35. The van der Waals surface area contributed by atoms with Crippen molar-refractivity contribution in [3.8, 4) is 0 Å². The molecule has 2 rings (SSSR count). The van der Waals surface area contributed by atoms with E-state index in [0.29, 0.717) is 15.2 Å². The molecule has 0 aromatic heterocycles. The van der Waals surface area contributed by atoms with E-state index in [0.717, 1.165) is 0 Å². The highest BCUT2D eigenvalue weighted by Crippen LogP contribution is 2.28. The lowest BCUT2D eigenvalue weighted by Crippen LogP contribution is -2.12. The van der Waals surface area contributed by atoms with Crippen LogP contribution in [0, 0.1) is 0 Å². The van der Waals surface area contributed by atoms with Crippen LogP contribution in [-0.2, 0) is 10.0 Å². The molecule has 0 heterocycles. The van der Waals surface area contributed by atoms with Gasteiger partial charge in [-0.2, -0.15) is 0 Å². The molecule has 0 unspecified atom stereocenters. The molecule has 3 nitrogen and oxygen atoms in total. The molecule has 2 aromatic rings. The number of sulfonamides is 1. The molecule has 0 aliphatic rings. The maximum atomic E-state index is 12.2. The van der Waals surface area contributed by atoms with Gasteiger partial charge in [-0.25, -0.2) is 8.42 Å². The van der Waals surface area contributed by atoms with E-state index in [2.05, 4.69) is 20.7 Å². The normalized spacial score (nSPS) is 11.4. The van der Waals surface area contributed by atoms with Crippen molar-refractivity contribution >= 4 is 66.4 Å². The van der Waals surface area contributed by atoms with Crippen LogP contribution in [0.2, 0.25) is 15.1 Å². The summed E-state index contributed by atoms with van der Waals surface area (Å²) in [5.74, 6) is 0. The Hall–Kier alpha value is -0.460. The Bertz CT molecular complexity index is 765. The predicted molar refractivity (Wildman–Crippen MR) is 86.4 cm³/mol. The zero-order valence-corrected chi connectivity index (χ0v) is 14.4. The second-order valence-corrected chi connectivity index (χ2v) is 7.57. The highest BCUT2D eigenvalue weighted by atomic mass is 79.9. The summed E-state index contributed by atoms with van der Waals surface area (Å²) in [4.78, 5) is 0.0194. The molecule has 0 saturated heterocycles. The van der Waals surface area contributed by atoms with E-state index in [1.165, 1.54) is 24.3 Å². The first-order valence-corrected chi connectivity index (χ1v) is 8.63. The average molecular weight is 416 g/mol. The predicted octanol–water partition coefficient (Wildman–Crippen LogP) is 5.21. The van der Waals surface area contributed by atoms with Gasteiger partial charge in [0.05, 0.1) is 25.7 Å². The maximum Gasteiger partial charge on any atom is 0.261 e. The van der Waals surface area contributed by atoms with Gasteiger partial charge in [0.1, 0.15) is 0 Å². The summed E-state index contributed by atoms with van der Waals surface area (Å²) >= 11 is 20.7. The van der Waals surface area contributed by atoms with Crippen LogP contribution in [0.1, 0.15) is 0 Å². The zero-order chi connectivity index (χ0) is 14.9. The fourth-order valence-electron chi connectivity index (χ4n) is 1.42. The van der Waals surface area contributed by atoms with Crippen molar-refractivity contribution in [2.24, 2.45) is 0 Å². The molecule has 0 radical (unpaired) electrons. The molecular weight excluding hydrogens is 408 g/mol. The van der Waals surface area contributed by atoms with Crippen LogP contribution < -0.4 is 4.72 Å². The number of halogens is 4. The Morgan fingerprint density at radius 1 is 0.900 bits per heavy atom. The Labute approximate surface area is 140 Å². The topological polar surface area (TPSA) is 46.2 Å². The van der Waals surface area contributed by atoms with Crippen molar-refractivity contribution in [1.29, 1.82) is 0 Å². The van der Waals surface area contributed by atoms with Crippen molar-refractivity contribution in [2.75, 3.05) is 4.72 Å². The Kier molecular flexibility index (Phi) is 4.87. The van der Waals surface area contributed by atoms with E-state index in [-0.39, 0.29) is 14.9 Å². The molecule has 0 atom stereocenters. The molecule has 0 aliphatic heterocycles. The van der Waals surface area contributed by atoms with Crippen LogP contribution in [0.4, 0.5) is 5.69 Å². The lowest BCUT2D eigenvalue weighted by atomic mass is 10.3. The average Bonchev–Trinajstić information content (AvgIpc) is 2.37. The van der Waals surface area contributed by atoms with Gasteiger partial charge in [-0.3, -0.25) is 4.72 Å². The summed E-state index contributed by atoms with van der Waals surface area (Å²) < 4.78 is 27.5. The van der Waals surface area contributed by atoms with Crippen LogP contribution >= 0.6 is 50.7 Å². The molecule has 1 N–H and O–H groups in total. The second-order valence-electron chi connectivity index (χ2n) is 3.81. The molecule has 0 spiro atoms. The molecule has 0 saturated carbocycles. The third-order valence-electron chi connectivity index (χ3n) is 2.37. The molecule has 106 valence electrons. The van der Waals surface area contributed by atoms with Crippen molar-refractivity contribution in [2.45, 2.75) is 4.90 Å². The third kappa shape index (κ3) is 3.59. The first-order chi connectivity index (χ1) is 9.29.